The third-order valence-corrected chi connectivity index (χ3v) is 6.58. The number of ketones is 2. The predicted molar refractivity (Wildman–Crippen MR) is 60.9 cm³/mol. The second kappa shape index (κ2) is 2.30. The van der Waals surface area contributed by atoms with Crippen molar-refractivity contribution < 1.29 is 9.59 Å². The molecular formula is C15H16O2. The molecule has 5 aliphatic carbocycles. The maximum absolute atomic E-state index is 12.5. The Morgan fingerprint density at radius 2 is 1.35 bits per heavy atom. The first-order valence-corrected chi connectivity index (χ1v) is 6.87. The van der Waals surface area contributed by atoms with Crippen LogP contribution in [0, 0.1) is 47.3 Å². The molecule has 0 radical (unpaired) electrons. The van der Waals surface area contributed by atoms with Gasteiger partial charge >= 0.3 is 0 Å². The molecule has 5 rings (SSSR count). The highest BCUT2D eigenvalue weighted by Gasteiger charge is 2.81. The van der Waals surface area contributed by atoms with Gasteiger partial charge in [-0.05, 0) is 49.5 Å². The van der Waals surface area contributed by atoms with Crippen molar-refractivity contribution in [3.63, 3.8) is 0 Å². The normalized spacial score (nSPS) is 60.2. The minimum absolute atomic E-state index is 0.159. The van der Waals surface area contributed by atoms with Gasteiger partial charge in [-0.25, -0.2) is 0 Å². The van der Waals surface area contributed by atoms with E-state index in [0.29, 0.717) is 35.2 Å². The van der Waals surface area contributed by atoms with Crippen molar-refractivity contribution in [3.05, 3.63) is 11.1 Å². The molecule has 2 nitrogen and oxygen atoms in total. The monoisotopic (exact) mass is 228 g/mol. The molecule has 0 unspecified atom stereocenters. The van der Waals surface area contributed by atoms with Crippen LogP contribution in [-0.4, -0.2) is 11.6 Å². The Balaban J connectivity index is 1.84. The maximum atomic E-state index is 12.5. The molecule has 0 bridgehead atoms. The van der Waals surface area contributed by atoms with Gasteiger partial charge in [0.2, 0.25) is 0 Å². The molecule has 2 heteroatoms. The molecule has 0 heterocycles. The molecule has 8 atom stereocenters. The highest BCUT2D eigenvalue weighted by atomic mass is 16.1. The van der Waals surface area contributed by atoms with E-state index in [0.717, 1.165) is 6.42 Å². The van der Waals surface area contributed by atoms with Gasteiger partial charge in [-0.2, -0.15) is 0 Å². The van der Waals surface area contributed by atoms with Crippen LogP contribution in [0.4, 0.5) is 0 Å². The summed E-state index contributed by atoms with van der Waals surface area (Å²) in [7, 11) is 0. The van der Waals surface area contributed by atoms with Gasteiger partial charge in [-0.1, -0.05) is 5.57 Å². The van der Waals surface area contributed by atoms with Crippen molar-refractivity contribution in [3.8, 4) is 0 Å². The number of allylic oxidation sites excluding steroid dienone is 2. The zero-order chi connectivity index (χ0) is 11.6. The quantitative estimate of drug-likeness (QED) is 0.593. The Labute approximate surface area is 100 Å². The fraction of sp³-hybridized carbons (Fsp3) is 0.733. The number of Topliss-reactive ketones (excluding diaryl/α,β-unsaturated/α-hetero) is 2. The number of hydrogen-bond donors (Lipinski definition) is 0. The molecule has 0 amide bonds. The van der Waals surface area contributed by atoms with Gasteiger partial charge in [0.05, 0.1) is 0 Å². The summed E-state index contributed by atoms with van der Waals surface area (Å²) in [6.45, 7) is 4.18. The van der Waals surface area contributed by atoms with Crippen LogP contribution in [0.2, 0.25) is 0 Å². The lowest BCUT2D eigenvalue weighted by molar-refractivity contribution is -0.126. The predicted octanol–water partition coefficient (Wildman–Crippen LogP) is 1.85. The summed E-state index contributed by atoms with van der Waals surface area (Å²) < 4.78 is 0. The van der Waals surface area contributed by atoms with E-state index in [1.807, 2.05) is 0 Å². The number of carbonyl (C=O) groups is 2. The van der Waals surface area contributed by atoms with E-state index in [1.54, 1.807) is 0 Å². The standard InChI is InChI=1S/C15H16O2/c1-4(2)7-12-10-8-5(14(12)16)3-6-9(8)11(10)13(7)15(6)17/h5-6,8-13H,3H2,1-2H3/t5-,6+,8-,9-,10+,11+,12-,13-/m0/s1. The second-order valence-electron chi connectivity index (χ2n) is 6.97. The lowest BCUT2D eigenvalue weighted by Crippen LogP contribution is -2.41. The van der Waals surface area contributed by atoms with Gasteiger partial charge in [0.25, 0.3) is 0 Å². The summed E-state index contributed by atoms with van der Waals surface area (Å²) in [6, 6.07) is 0. The molecule has 5 saturated carbocycles. The van der Waals surface area contributed by atoms with Crippen LogP contribution in [0.3, 0.4) is 0 Å². The van der Waals surface area contributed by atoms with Crippen LogP contribution < -0.4 is 0 Å². The third-order valence-electron chi connectivity index (χ3n) is 6.58. The number of rotatable bonds is 0. The SMILES string of the molecule is CC(C)=C1[C@@H]2C(=O)[C@H]3C[C@H]4C(=O)[C@@H]1[C@H]1[C@H]2[C@@H]3[C@@H]14. The Morgan fingerprint density at radius 1 is 0.882 bits per heavy atom. The van der Waals surface area contributed by atoms with Gasteiger partial charge < -0.3 is 0 Å². The molecule has 88 valence electrons. The van der Waals surface area contributed by atoms with Gasteiger partial charge in [-0.15, -0.1) is 0 Å². The fourth-order valence-electron chi connectivity index (χ4n) is 6.42. The molecule has 5 fully saturated rings. The highest BCUT2D eigenvalue weighted by molar-refractivity contribution is 6.01. The van der Waals surface area contributed by atoms with Crippen molar-refractivity contribution >= 4 is 11.6 Å². The third kappa shape index (κ3) is 0.648. The number of carbonyl (C=O) groups excluding carboxylic acids is 2. The minimum Gasteiger partial charge on any atom is -0.299 e. The Hall–Kier alpha value is -0.920. The van der Waals surface area contributed by atoms with Crippen molar-refractivity contribution in [2.45, 2.75) is 20.3 Å². The highest BCUT2D eigenvalue weighted by Crippen LogP contribution is 2.79. The van der Waals surface area contributed by atoms with Crippen LogP contribution in [-0.2, 0) is 9.59 Å². The van der Waals surface area contributed by atoms with E-state index in [4.69, 9.17) is 0 Å². The second-order valence-corrected chi connectivity index (χ2v) is 6.97. The van der Waals surface area contributed by atoms with Gasteiger partial charge in [0.1, 0.15) is 11.6 Å². The molecule has 0 aromatic rings. The molecule has 0 aromatic carbocycles. The van der Waals surface area contributed by atoms with Crippen LogP contribution in [0.25, 0.3) is 0 Å². The summed E-state index contributed by atoms with van der Waals surface area (Å²) in [5.74, 6) is 4.20. The largest absolute Gasteiger partial charge is 0.299 e. The van der Waals surface area contributed by atoms with Crippen LogP contribution in [0.15, 0.2) is 11.1 Å². The maximum Gasteiger partial charge on any atom is 0.143 e. The van der Waals surface area contributed by atoms with Crippen molar-refractivity contribution in [2.24, 2.45) is 47.3 Å². The average molecular weight is 228 g/mol. The number of hydrogen-bond acceptors (Lipinski definition) is 2. The van der Waals surface area contributed by atoms with Crippen molar-refractivity contribution in [2.75, 3.05) is 0 Å². The molecular weight excluding hydrogens is 212 g/mol. The molecule has 0 aliphatic heterocycles. The van der Waals surface area contributed by atoms with E-state index in [1.165, 1.54) is 11.1 Å². The van der Waals surface area contributed by atoms with Crippen molar-refractivity contribution in [1.29, 1.82) is 0 Å². The Morgan fingerprint density at radius 3 is 1.76 bits per heavy atom. The summed E-state index contributed by atoms with van der Waals surface area (Å²) in [5, 5.41) is 0. The topological polar surface area (TPSA) is 34.1 Å². The van der Waals surface area contributed by atoms with Crippen LogP contribution >= 0.6 is 0 Å². The van der Waals surface area contributed by atoms with E-state index in [9.17, 15) is 9.59 Å². The van der Waals surface area contributed by atoms with E-state index < -0.39 is 0 Å². The summed E-state index contributed by atoms with van der Waals surface area (Å²) in [6.07, 6.45) is 0.906. The smallest absolute Gasteiger partial charge is 0.143 e. The van der Waals surface area contributed by atoms with Crippen LogP contribution in [0.5, 0.6) is 0 Å². The van der Waals surface area contributed by atoms with E-state index >= 15 is 0 Å². The zero-order valence-electron chi connectivity index (χ0n) is 10.1. The molecule has 0 spiro atoms. The first-order chi connectivity index (χ1) is 8.13. The lowest BCUT2D eigenvalue weighted by atomic mass is 9.60. The molecule has 0 aromatic heterocycles. The van der Waals surface area contributed by atoms with Gasteiger partial charge in [0, 0.05) is 23.7 Å². The first-order valence-electron chi connectivity index (χ1n) is 6.87. The lowest BCUT2D eigenvalue weighted by Gasteiger charge is -2.43. The van der Waals surface area contributed by atoms with Gasteiger partial charge in [-0.3, -0.25) is 9.59 Å². The van der Waals surface area contributed by atoms with E-state index in [2.05, 4.69) is 13.8 Å². The summed E-state index contributed by atoms with van der Waals surface area (Å²) >= 11 is 0. The van der Waals surface area contributed by atoms with Crippen LogP contribution in [0.1, 0.15) is 20.3 Å². The zero-order valence-corrected chi connectivity index (χ0v) is 10.1. The van der Waals surface area contributed by atoms with E-state index in [-0.39, 0.29) is 23.7 Å². The molecule has 5 aliphatic rings. The summed E-state index contributed by atoms with van der Waals surface area (Å²) in [4.78, 5) is 25.0. The minimum atomic E-state index is 0.159. The molecule has 17 heavy (non-hydrogen) atoms. The van der Waals surface area contributed by atoms with Crippen molar-refractivity contribution in [1.82, 2.24) is 0 Å². The van der Waals surface area contributed by atoms with Gasteiger partial charge in [0.15, 0.2) is 0 Å². The first kappa shape index (κ1) is 9.07. The Bertz CT molecular complexity index is 485. The Kier molecular flexibility index (Phi) is 1.23. The fourth-order valence-corrected chi connectivity index (χ4v) is 6.42. The summed E-state index contributed by atoms with van der Waals surface area (Å²) in [5.41, 5.74) is 2.50. The average Bonchev–Trinajstić information content (AvgIpc) is 2.83. The molecule has 0 N–H and O–H groups in total. The molecule has 0 saturated heterocycles.